The van der Waals surface area contributed by atoms with E-state index in [1.165, 1.54) is 0 Å². The lowest BCUT2D eigenvalue weighted by Crippen LogP contribution is -2.59. The van der Waals surface area contributed by atoms with Crippen LogP contribution in [0.3, 0.4) is 0 Å². The van der Waals surface area contributed by atoms with Crippen molar-refractivity contribution in [2.75, 3.05) is 28.4 Å². The van der Waals surface area contributed by atoms with E-state index in [0.29, 0.717) is 0 Å². The van der Waals surface area contributed by atoms with Gasteiger partial charge in [-0.05, 0) is 21.7 Å². The van der Waals surface area contributed by atoms with Crippen molar-refractivity contribution in [1.82, 2.24) is 0 Å². The minimum atomic E-state index is -2.44. The predicted molar refractivity (Wildman–Crippen MR) is 101 cm³/mol. The summed E-state index contributed by atoms with van der Waals surface area (Å²) >= 11 is 0. The summed E-state index contributed by atoms with van der Waals surface area (Å²) in [6, 6.07) is 2.68. The van der Waals surface area contributed by atoms with Crippen molar-refractivity contribution >= 4 is 25.2 Å². The van der Waals surface area contributed by atoms with Crippen LogP contribution in [0.25, 0.3) is 0 Å². The summed E-state index contributed by atoms with van der Waals surface area (Å²) in [6.45, 7) is 17.6. The topological polar surface area (TPSA) is 36.9 Å². The van der Waals surface area contributed by atoms with Gasteiger partial charge in [-0.15, -0.1) is 13.2 Å². The molecule has 0 aliphatic carbocycles. The largest absolute Gasteiger partial charge is 0.395 e. The maximum Gasteiger partial charge on any atom is 0.363 e. The van der Waals surface area contributed by atoms with E-state index in [4.69, 9.17) is 17.7 Å². The van der Waals surface area contributed by atoms with E-state index in [0.717, 1.165) is 27.8 Å². The second-order valence-electron chi connectivity index (χ2n) is 5.67. The van der Waals surface area contributed by atoms with Crippen LogP contribution in [0.4, 0.5) is 0 Å². The van der Waals surface area contributed by atoms with E-state index in [-0.39, 0.29) is 0 Å². The van der Waals surface area contributed by atoms with Gasteiger partial charge in [0.2, 0.25) is 0 Å². The Kier molecular flexibility index (Phi) is 8.71. The molecule has 22 heavy (non-hydrogen) atoms. The Bertz CT molecular complexity index is 342. The highest BCUT2D eigenvalue weighted by Gasteiger charge is 2.54. The Morgan fingerprint density at radius 2 is 0.955 bits per heavy atom. The van der Waals surface area contributed by atoms with Crippen molar-refractivity contribution in [3.05, 3.63) is 22.8 Å². The molecule has 0 aromatic heterocycles. The van der Waals surface area contributed by atoms with Crippen LogP contribution in [0, 0.1) is 0 Å². The summed E-state index contributed by atoms with van der Waals surface area (Å²) in [5.41, 5.74) is 0. The molecule has 0 atom stereocenters. The highest BCUT2D eigenvalue weighted by molar-refractivity contribution is 7.13. The SMILES string of the molecule is C=C([Si](CC)(OC)OC)[Si](C)(CC)C(=C)[Si](CC)(OC)OC. The van der Waals surface area contributed by atoms with E-state index in [9.17, 15) is 0 Å². The smallest absolute Gasteiger partial charge is 0.363 e. The zero-order valence-corrected chi connectivity index (χ0v) is 18.7. The molecule has 0 saturated carbocycles. The molecule has 0 spiro atoms. The minimum absolute atomic E-state index is 0.843. The van der Waals surface area contributed by atoms with Crippen LogP contribution in [0.1, 0.15) is 20.8 Å². The van der Waals surface area contributed by atoms with Crippen molar-refractivity contribution in [3.63, 3.8) is 0 Å². The van der Waals surface area contributed by atoms with Crippen molar-refractivity contribution in [3.8, 4) is 0 Å². The highest BCUT2D eigenvalue weighted by atomic mass is 28.4. The normalized spacial score (nSPS) is 13.3. The Morgan fingerprint density at radius 3 is 1.09 bits per heavy atom. The van der Waals surface area contributed by atoms with Gasteiger partial charge in [-0.3, -0.25) is 0 Å². The summed E-state index contributed by atoms with van der Waals surface area (Å²) in [5, 5.41) is 0. The lowest BCUT2D eigenvalue weighted by molar-refractivity contribution is 0.254. The maximum absolute atomic E-state index is 5.85. The zero-order valence-electron chi connectivity index (χ0n) is 15.7. The Balaban J connectivity index is 5.98. The van der Waals surface area contributed by atoms with Gasteiger partial charge in [-0.2, -0.15) is 0 Å². The summed E-state index contributed by atoms with van der Waals surface area (Å²) in [7, 11) is -0.0474. The van der Waals surface area contributed by atoms with E-state index >= 15 is 0 Å². The molecule has 0 aromatic carbocycles. The molecular weight excluding hydrogens is 328 g/mol. The van der Waals surface area contributed by atoms with Gasteiger partial charge < -0.3 is 17.7 Å². The van der Waals surface area contributed by atoms with Crippen molar-refractivity contribution in [2.45, 2.75) is 45.5 Å². The Morgan fingerprint density at radius 1 is 0.682 bits per heavy atom. The van der Waals surface area contributed by atoms with Gasteiger partial charge in [0.25, 0.3) is 0 Å². The van der Waals surface area contributed by atoms with Crippen LogP contribution in [-0.2, 0) is 17.7 Å². The molecule has 4 nitrogen and oxygen atoms in total. The van der Waals surface area contributed by atoms with Crippen LogP contribution in [0.2, 0.25) is 24.7 Å². The molecule has 0 N–H and O–H groups in total. The molecule has 0 rings (SSSR count). The van der Waals surface area contributed by atoms with Gasteiger partial charge in [-0.25, -0.2) is 0 Å². The molecule has 0 aromatic rings. The molecule has 0 saturated heterocycles. The molecular formula is C15H34O4Si3. The average molecular weight is 363 g/mol. The molecule has 0 heterocycles. The van der Waals surface area contributed by atoms with E-state index in [1.54, 1.807) is 28.4 Å². The molecule has 0 aliphatic rings. The first-order chi connectivity index (χ1) is 10.2. The van der Waals surface area contributed by atoms with Crippen LogP contribution in [0.15, 0.2) is 22.8 Å². The number of hydrogen-bond acceptors (Lipinski definition) is 4. The fourth-order valence-electron chi connectivity index (χ4n) is 3.11. The van der Waals surface area contributed by atoms with Gasteiger partial charge in [0, 0.05) is 28.4 Å². The van der Waals surface area contributed by atoms with Crippen LogP contribution < -0.4 is 0 Å². The standard InChI is InChI=1S/C15H34O4Si3/c1-11-20(10,14(4)21(12-2,16-6)17-7)15(5)22(13-3,18-8)19-9/h4-5,11-13H2,1-3,6-10H3. The molecule has 0 fully saturated rings. The van der Waals surface area contributed by atoms with Crippen molar-refractivity contribution in [1.29, 1.82) is 0 Å². The summed E-state index contributed by atoms with van der Waals surface area (Å²) in [4.78, 5) is 2.28. The summed E-state index contributed by atoms with van der Waals surface area (Å²) in [5.74, 6) is 0. The maximum atomic E-state index is 5.85. The Labute approximate surface area is 140 Å². The molecule has 0 aliphatic heterocycles. The Hall–Kier alpha value is -0.0294. The van der Waals surface area contributed by atoms with Crippen molar-refractivity contribution in [2.24, 2.45) is 0 Å². The van der Waals surface area contributed by atoms with Crippen LogP contribution >= 0.6 is 0 Å². The molecule has 130 valence electrons. The molecule has 0 amide bonds. The minimum Gasteiger partial charge on any atom is -0.395 e. The van der Waals surface area contributed by atoms with Gasteiger partial charge in [0.1, 0.15) is 8.07 Å². The van der Waals surface area contributed by atoms with Gasteiger partial charge in [0.05, 0.1) is 0 Å². The second-order valence-corrected chi connectivity index (χ2v) is 18.5. The monoisotopic (exact) mass is 362 g/mol. The van der Waals surface area contributed by atoms with Crippen LogP contribution in [-0.4, -0.2) is 53.6 Å². The van der Waals surface area contributed by atoms with E-state index in [2.05, 4.69) is 40.5 Å². The third kappa shape index (κ3) is 3.55. The second kappa shape index (κ2) is 8.72. The number of hydrogen-bond donors (Lipinski definition) is 0. The zero-order chi connectivity index (χ0) is 17.6. The lowest BCUT2D eigenvalue weighted by Gasteiger charge is -2.43. The molecule has 0 unspecified atom stereocenters. The summed E-state index contributed by atoms with van der Waals surface area (Å²) < 4.78 is 23.4. The van der Waals surface area contributed by atoms with Gasteiger partial charge in [0.15, 0.2) is 0 Å². The van der Waals surface area contributed by atoms with E-state index < -0.39 is 25.2 Å². The van der Waals surface area contributed by atoms with Gasteiger partial charge >= 0.3 is 17.1 Å². The lowest BCUT2D eigenvalue weighted by atomic mass is 11.0. The third-order valence-electron chi connectivity index (χ3n) is 5.21. The first kappa shape index (κ1) is 22.0. The third-order valence-corrected chi connectivity index (χ3v) is 21.2. The molecule has 7 heteroatoms. The first-order valence-electron chi connectivity index (χ1n) is 7.84. The van der Waals surface area contributed by atoms with Crippen molar-refractivity contribution < 1.29 is 17.7 Å². The first-order valence-corrected chi connectivity index (χ1v) is 14.6. The fraction of sp³-hybridized carbons (Fsp3) is 0.733. The van der Waals surface area contributed by atoms with E-state index in [1.807, 2.05) is 0 Å². The quantitative estimate of drug-likeness (QED) is 0.523. The predicted octanol–water partition coefficient (Wildman–Crippen LogP) is 3.86. The van der Waals surface area contributed by atoms with Gasteiger partial charge in [-0.1, -0.05) is 33.4 Å². The fourth-order valence-corrected chi connectivity index (χ4v) is 19.0. The highest BCUT2D eigenvalue weighted by Crippen LogP contribution is 2.39. The average Bonchev–Trinajstić information content (AvgIpc) is 2.57. The van der Waals surface area contributed by atoms with Crippen LogP contribution in [0.5, 0.6) is 0 Å². The molecule has 0 bridgehead atoms. The number of rotatable bonds is 11. The summed E-state index contributed by atoms with van der Waals surface area (Å²) in [6.07, 6.45) is 0. The molecule has 0 radical (unpaired) electrons.